The molecule has 1 amide bonds. The van der Waals surface area contributed by atoms with Gasteiger partial charge in [0.2, 0.25) is 5.91 Å². The van der Waals surface area contributed by atoms with Crippen LogP contribution in [0.25, 0.3) is 0 Å². The van der Waals surface area contributed by atoms with E-state index in [1.54, 1.807) is 42.9 Å². The van der Waals surface area contributed by atoms with Crippen molar-refractivity contribution in [1.29, 1.82) is 0 Å². The summed E-state index contributed by atoms with van der Waals surface area (Å²) in [5, 5.41) is 12.1. The number of nitrogens with zero attached hydrogens (tertiary/aromatic N) is 1. The van der Waals surface area contributed by atoms with Crippen LogP contribution in [-0.2, 0) is 18.3 Å². The number of aryl methyl sites for hydroxylation is 2. The van der Waals surface area contributed by atoms with Gasteiger partial charge in [-0.1, -0.05) is 0 Å². The fourth-order valence-corrected chi connectivity index (χ4v) is 2.58. The summed E-state index contributed by atoms with van der Waals surface area (Å²) >= 11 is 0. The van der Waals surface area contributed by atoms with Crippen LogP contribution in [0.3, 0.4) is 0 Å². The van der Waals surface area contributed by atoms with Gasteiger partial charge in [0, 0.05) is 42.8 Å². The average molecular weight is 332 g/mol. The Labute approximate surface area is 139 Å². The predicted octanol–water partition coefficient (Wildman–Crippen LogP) is 2.23. The second kappa shape index (κ2) is 7.08. The Morgan fingerprint density at radius 3 is 2.25 bits per heavy atom. The van der Waals surface area contributed by atoms with E-state index in [0.717, 1.165) is 0 Å². The molecule has 0 fully saturated rings. The summed E-state index contributed by atoms with van der Waals surface area (Å²) < 4.78 is 12.0. The fourth-order valence-electron chi connectivity index (χ4n) is 2.58. The van der Waals surface area contributed by atoms with Crippen LogP contribution < -0.4 is 14.8 Å². The van der Waals surface area contributed by atoms with Gasteiger partial charge in [-0.25, -0.2) is 4.79 Å². The zero-order valence-electron chi connectivity index (χ0n) is 14.0. The molecule has 128 valence electrons. The van der Waals surface area contributed by atoms with Crippen molar-refractivity contribution in [2.24, 2.45) is 7.05 Å². The van der Waals surface area contributed by atoms with E-state index in [9.17, 15) is 14.7 Å². The molecule has 1 aromatic carbocycles. The van der Waals surface area contributed by atoms with Gasteiger partial charge >= 0.3 is 5.97 Å². The fraction of sp³-hybridized carbons (Fsp3) is 0.294. The lowest BCUT2D eigenvalue weighted by atomic mass is 10.1. The molecule has 7 heteroatoms. The van der Waals surface area contributed by atoms with Crippen LogP contribution in [0.2, 0.25) is 0 Å². The summed E-state index contributed by atoms with van der Waals surface area (Å²) in [5.74, 6) is -0.274. The summed E-state index contributed by atoms with van der Waals surface area (Å²) in [5.41, 5.74) is 1.75. The Bertz CT molecular complexity index is 757. The number of nitrogens with one attached hydrogen (secondary N) is 1. The minimum Gasteiger partial charge on any atom is -0.497 e. The van der Waals surface area contributed by atoms with E-state index in [0.29, 0.717) is 28.4 Å². The lowest BCUT2D eigenvalue weighted by Crippen LogP contribution is -2.18. The molecule has 0 bridgehead atoms. The smallest absolute Gasteiger partial charge is 0.337 e. The Hall–Kier alpha value is -2.96. The first kappa shape index (κ1) is 17.4. The molecule has 2 aromatic rings. The van der Waals surface area contributed by atoms with E-state index in [2.05, 4.69) is 5.32 Å². The average Bonchev–Trinajstić information content (AvgIpc) is 2.80. The first-order valence-electron chi connectivity index (χ1n) is 7.26. The van der Waals surface area contributed by atoms with E-state index in [1.807, 2.05) is 0 Å². The minimum atomic E-state index is -1.04. The number of carbonyl (C=O) groups is 2. The van der Waals surface area contributed by atoms with Crippen LogP contribution >= 0.6 is 0 Å². The Morgan fingerprint density at radius 1 is 1.17 bits per heavy atom. The lowest BCUT2D eigenvalue weighted by molar-refractivity contribution is -0.115. The molecule has 0 atom stereocenters. The van der Waals surface area contributed by atoms with Crippen LogP contribution in [0.1, 0.15) is 21.6 Å². The van der Waals surface area contributed by atoms with E-state index in [4.69, 9.17) is 9.47 Å². The quantitative estimate of drug-likeness (QED) is 0.847. The van der Waals surface area contributed by atoms with Crippen LogP contribution in [0.4, 0.5) is 5.69 Å². The molecule has 0 aliphatic heterocycles. The highest BCUT2D eigenvalue weighted by Crippen LogP contribution is 2.26. The van der Waals surface area contributed by atoms with E-state index in [-0.39, 0.29) is 17.9 Å². The molecular weight excluding hydrogens is 312 g/mol. The number of aromatic nitrogens is 1. The standard InChI is InChI=1S/C17H20N2O5/c1-10-9-19(2)14(16(10)17(21)22)8-15(20)18-11-5-12(23-3)7-13(6-11)24-4/h5-7,9H,8H2,1-4H3,(H,18,20)(H,21,22). The van der Waals surface area contributed by atoms with E-state index < -0.39 is 5.97 Å². The van der Waals surface area contributed by atoms with Gasteiger partial charge in [0.25, 0.3) is 0 Å². The normalized spacial score (nSPS) is 10.3. The maximum atomic E-state index is 12.3. The van der Waals surface area contributed by atoms with Crippen molar-refractivity contribution >= 4 is 17.6 Å². The first-order valence-corrected chi connectivity index (χ1v) is 7.26. The number of ether oxygens (including phenoxy) is 2. The van der Waals surface area contributed by atoms with Gasteiger partial charge < -0.3 is 24.5 Å². The zero-order chi connectivity index (χ0) is 17.9. The van der Waals surface area contributed by atoms with Gasteiger partial charge in [-0.15, -0.1) is 0 Å². The SMILES string of the molecule is COc1cc(NC(=O)Cc2c(C(=O)O)c(C)cn2C)cc(OC)c1. The topological polar surface area (TPSA) is 89.8 Å². The number of anilines is 1. The molecule has 2 N–H and O–H groups in total. The Balaban J connectivity index is 2.22. The minimum absolute atomic E-state index is 0.0501. The molecule has 1 heterocycles. The first-order chi connectivity index (χ1) is 11.3. The number of carboxylic acids is 1. The zero-order valence-corrected chi connectivity index (χ0v) is 14.0. The number of carbonyl (C=O) groups excluding carboxylic acids is 1. The van der Waals surface area contributed by atoms with Crippen molar-refractivity contribution in [2.45, 2.75) is 13.3 Å². The summed E-state index contributed by atoms with van der Waals surface area (Å²) in [6.45, 7) is 1.71. The number of rotatable bonds is 6. The van der Waals surface area contributed by atoms with E-state index in [1.165, 1.54) is 14.2 Å². The highest BCUT2D eigenvalue weighted by Gasteiger charge is 2.20. The van der Waals surface area contributed by atoms with Crippen LogP contribution in [0.15, 0.2) is 24.4 Å². The monoisotopic (exact) mass is 332 g/mol. The van der Waals surface area contributed by atoms with Crippen molar-refractivity contribution in [3.05, 3.63) is 41.2 Å². The molecule has 7 nitrogen and oxygen atoms in total. The van der Waals surface area contributed by atoms with Gasteiger partial charge in [0.05, 0.1) is 26.2 Å². The molecule has 0 unspecified atom stereocenters. The number of benzene rings is 1. The van der Waals surface area contributed by atoms with Gasteiger partial charge in [0.15, 0.2) is 0 Å². The molecule has 0 radical (unpaired) electrons. The molecule has 0 spiro atoms. The highest BCUT2D eigenvalue weighted by atomic mass is 16.5. The third-order valence-corrected chi connectivity index (χ3v) is 3.67. The molecular formula is C17H20N2O5. The van der Waals surface area contributed by atoms with Crippen molar-refractivity contribution in [3.63, 3.8) is 0 Å². The maximum Gasteiger partial charge on any atom is 0.337 e. The summed E-state index contributed by atoms with van der Waals surface area (Å²) in [4.78, 5) is 23.7. The molecule has 0 saturated heterocycles. The third-order valence-electron chi connectivity index (χ3n) is 3.67. The number of methoxy groups -OCH3 is 2. The van der Waals surface area contributed by atoms with E-state index >= 15 is 0 Å². The number of hydrogen-bond acceptors (Lipinski definition) is 4. The van der Waals surface area contributed by atoms with Gasteiger partial charge in [-0.05, 0) is 12.5 Å². The molecule has 0 aliphatic rings. The third kappa shape index (κ3) is 3.68. The second-order valence-electron chi connectivity index (χ2n) is 5.38. The molecule has 1 aromatic heterocycles. The van der Waals surface area contributed by atoms with Crippen LogP contribution in [0.5, 0.6) is 11.5 Å². The van der Waals surface area contributed by atoms with Crippen molar-refractivity contribution in [3.8, 4) is 11.5 Å². The van der Waals surface area contributed by atoms with Crippen molar-refractivity contribution in [1.82, 2.24) is 4.57 Å². The number of aromatic carboxylic acids is 1. The predicted molar refractivity (Wildman–Crippen MR) is 89.0 cm³/mol. The summed E-state index contributed by atoms with van der Waals surface area (Å²) in [6.07, 6.45) is 1.64. The van der Waals surface area contributed by atoms with Crippen molar-refractivity contribution in [2.75, 3.05) is 19.5 Å². The number of amides is 1. The highest BCUT2D eigenvalue weighted by molar-refractivity contribution is 5.96. The van der Waals surface area contributed by atoms with Gasteiger partial charge in [-0.2, -0.15) is 0 Å². The maximum absolute atomic E-state index is 12.3. The lowest BCUT2D eigenvalue weighted by Gasteiger charge is -2.11. The summed E-state index contributed by atoms with van der Waals surface area (Å²) in [6, 6.07) is 5.02. The molecule has 0 aliphatic carbocycles. The van der Waals surface area contributed by atoms with Gasteiger partial charge in [0.1, 0.15) is 11.5 Å². The van der Waals surface area contributed by atoms with Crippen LogP contribution in [-0.4, -0.2) is 35.8 Å². The number of hydrogen-bond donors (Lipinski definition) is 2. The van der Waals surface area contributed by atoms with Crippen molar-refractivity contribution < 1.29 is 24.2 Å². The Kier molecular flexibility index (Phi) is 5.13. The Morgan fingerprint density at radius 2 is 1.75 bits per heavy atom. The molecule has 0 saturated carbocycles. The van der Waals surface area contributed by atoms with Gasteiger partial charge in [-0.3, -0.25) is 4.79 Å². The number of carboxylic acid groups (broad SMARTS) is 1. The second-order valence-corrected chi connectivity index (χ2v) is 5.38. The largest absolute Gasteiger partial charge is 0.497 e. The van der Waals surface area contributed by atoms with Crippen LogP contribution in [0, 0.1) is 6.92 Å². The summed E-state index contributed by atoms with van der Waals surface area (Å²) in [7, 11) is 4.76. The molecule has 2 rings (SSSR count). The molecule has 24 heavy (non-hydrogen) atoms.